The fraction of sp³-hybridized carbons (Fsp3) is 0.162. The normalized spacial score (nSPS) is 15.3. The molecule has 2 N–H and O–H groups in total. The molecule has 1 unspecified atom stereocenters. The predicted molar refractivity (Wildman–Crippen MR) is 181 cm³/mol. The number of methoxy groups -OCH3 is 2. The number of carbonyl (C=O) groups is 1. The number of allylic oxidation sites excluding steroid dienone is 1. The van der Waals surface area contributed by atoms with Crippen molar-refractivity contribution in [3.05, 3.63) is 107 Å². The van der Waals surface area contributed by atoms with Crippen molar-refractivity contribution in [2.45, 2.75) is 19.8 Å². The number of para-hydroxylation sites is 3. The number of aromatic hydroxyl groups is 1. The maximum atomic E-state index is 14.3. The van der Waals surface area contributed by atoms with Crippen molar-refractivity contribution in [2.24, 2.45) is 5.92 Å². The summed E-state index contributed by atoms with van der Waals surface area (Å²) in [5.74, 6) is 1.48. The Balaban J connectivity index is 1.32. The number of hydrogen-bond acceptors (Lipinski definition) is 7. The highest BCUT2D eigenvalue weighted by atomic mass is 32.1. The predicted octanol–water partition coefficient (Wildman–Crippen LogP) is 8.61. The second-order valence-electron chi connectivity index (χ2n) is 11.3. The van der Waals surface area contributed by atoms with Crippen molar-refractivity contribution in [1.82, 2.24) is 9.97 Å². The van der Waals surface area contributed by atoms with Crippen molar-refractivity contribution in [1.29, 1.82) is 0 Å². The molecule has 0 bridgehead atoms. The molecule has 1 aliphatic carbocycles. The third-order valence-electron chi connectivity index (χ3n) is 8.19. The van der Waals surface area contributed by atoms with Gasteiger partial charge in [0.05, 0.1) is 46.8 Å². The molecular weight excluding hydrogens is 582 g/mol. The zero-order valence-electron chi connectivity index (χ0n) is 25.1. The summed E-state index contributed by atoms with van der Waals surface area (Å²) in [6, 6.07) is 26.5. The van der Waals surface area contributed by atoms with Gasteiger partial charge in [-0.3, -0.25) is 4.79 Å². The SMILES string of the molecule is COc1cccc(/C=C2\CC(C)Cc3c2nc2ccccc2c3C(=O)Nc2ccc(O)c(-c3nc4ccccc4s3)c2)c1OC. The van der Waals surface area contributed by atoms with Crippen LogP contribution in [0.15, 0.2) is 84.9 Å². The average molecular weight is 614 g/mol. The number of phenolic OH excluding ortho intramolecular Hbond substituents is 1. The van der Waals surface area contributed by atoms with Gasteiger partial charge < -0.3 is 19.9 Å². The van der Waals surface area contributed by atoms with E-state index in [0.717, 1.165) is 56.4 Å². The molecule has 0 spiro atoms. The summed E-state index contributed by atoms with van der Waals surface area (Å²) < 4.78 is 12.3. The van der Waals surface area contributed by atoms with Crippen LogP contribution in [0.3, 0.4) is 0 Å². The summed E-state index contributed by atoms with van der Waals surface area (Å²) in [5, 5.41) is 15.3. The fourth-order valence-corrected chi connectivity index (χ4v) is 7.17. The number of amides is 1. The fourth-order valence-electron chi connectivity index (χ4n) is 6.17. The van der Waals surface area contributed by atoms with Crippen LogP contribution in [-0.2, 0) is 6.42 Å². The van der Waals surface area contributed by atoms with Gasteiger partial charge >= 0.3 is 0 Å². The molecular formula is C37H31N3O4S. The van der Waals surface area contributed by atoms with E-state index in [2.05, 4.69) is 18.3 Å². The highest BCUT2D eigenvalue weighted by Crippen LogP contribution is 2.42. The highest BCUT2D eigenvalue weighted by Gasteiger charge is 2.29. The molecule has 7 rings (SSSR count). The largest absolute Gasteiger partial charge is 0.507 e. The monoisotopic (exact) mass is 613 g/mol. The third-order valence-corrected chi connectivity index (χ3v) is 9.26. The first-order chi connectivity index (χ1) is 21.9. The maximum Gasteiger partial charge on any atom is 0.256 e. The molecule has 1 atom stereocenters. The molecule has 2 aromatic heterocycles. The first-order valence-electron chi connectivity index (χ1n) is 14.8. The molecule has 1 aliphatic rings. The smallest absolute Gasteiger partial charge is 0.256 e. The molecule has 0 saturated carbocycles. The van der Waals surface area contributed by atoms with Gasteiger partial charge in [0.1, 0.15) is 10.8 Å². The number of fused-ring (bicyclic) bond motifs is 3. The van der Waals surface area contributed by atoms with E-state index in [1.807, 2.05) is 66.7 Å². The standard InChI is InChI=1S/C37H31N3O4S/c1-21-17-23(19-22-9-8-13-31(43-2)35(22)44-3)34-27(18-21)33(25-10-4-5-11-28(25)39-34)36(42)38-24-15-16-30(41)26(20-24)37-40-29-12-6-7-14-32(29)45-37/h4-16,19-21,41H,17-18H2,1-3H3,(H,38,42)/b23-19+. The van der Waals surface area contributed by atoms with Gasteiger partial charge in [0.2, 0.25) is 0 Å². The van der Waals surface area contributed by atoms with Gasteiger partial charge in [-0.15, -0.1) is 11.3 Å². The molecule has 7 nitrogen and oxygen atoms in total. The number of anilines is 1. The number of benzene rings is 4. The van der Waals surface area contributed by atoms with Gasteiger partial charge in [-0.05, 0) is 78.4 Å². The number of thiazole rings is 1. The van der Waals surface area contributed by atoms with Crippen molar-refractivity contribution in [3.63, 3.8) is 0 Å². The Labute approximate surface area is 264 Å². The van der Waals surface area contributed by atoms with Crippen molar-refractivity contribution >= 4 is 55.7 Å². The molecule has 224 valence electrons. The number of ether oxygens (including phenoxy) is 2. The molecule has 0 radical (unpaired) electrons. The lowest BCUT2D eigenvalue weighted by molar-refractivity contribution is 0.102. The number of pyridine rings is 1. The topological polar surface area (TPSA) is 93.6 Å². The molecule has 2 heterocycles. The van der Waals surface area contributed by atoms with Crippen LogP contribution in [0, 0.1) is 5.92 Å². The Hall–Kier alpha value is -5.21. The number of nitrogens with zero attached hydrogens (tertiary/aromatic N) is 2. The summed E-state index contributed by atoms with van der Waals surface area (Å²) >= 11 is 1.50. The molecule has 4 aromatic carbocycles. The minimum atomic E-state index is -0.224. The number of aromatic nitrogens is 2. The van der Waals surface area contributed by atoms with E-state index in [9.17, 15) is 9.90 Å². The lowest BCUT2D eigenvalue weighted by atomic mass is 9.80. The Morgan fingerprint density at radius 1 is 0.933 bits per heavy atom. The lowest BCUT2D eigenvalue weighted by Gasteiger charge is -2.27. The van der Waals surface area contributed by atoms with Crippen LogP contribution in [-0.4, -0.2) is 35.2 Å². The quantitative estimate of drug-likeness (QED) is 0.183. The Kier molecular flexibility index (Phi) is 7.43. The Morgan fingerprint density at radius 2 is 1.73 bits per heavy atom. The molecule has 1 amide bonds. The number of phenols is 1. The second kappa shape index (κ2) is 11.7. The van der Waals surface area contributed by atoms with Crippen molar-refractivity contribution in [2.75, 3.05) is 19.5 Å². The van der Waals surface area contributed by atoms with Crippen molar-refractivity contribution in [3.8, 4) is 27.8 Å². The maximum absolute atomic E-state index is 14.3. The van der Waals surface area contributed by atoms with Crippen LogP contribution in [0.2, 0.25) is 0 Å². The van der Waals surface area contributed by atoms with Crippen LogP contribution in [0.4, 0.5) is 5.69 Å². The first kappa shape index (κ1) is 28.6. The second-order valence-corrected chi connectivity index (χ2v) is 12.3. The number of hydrogen-bond donors (Lipinski definition) is 2. The number of nitrogens with one attached hydrogen (secondary N) is 1. The summed E-state index contributed by atoms with van der Waals surface area (Å²) in [6.07, 6.45) is 3.63. The van der Waals surface area contributed by atoms with E-state index < -0.39 is 0 Å². The molecule has 8 heteroatoms. The van der Waals surface area contributed by atoms with E-state index in [1.165, 1.54) is 11.3 Å². The lowest BCUT2D eigenvalue weighted by Crippen LogP contribution is -2.21. The zero-order chi connectivity index (χ0) is 31.1. The van der Waals surface area contributed by atoms with Gasteiger partial charge in [0.25, 0.3) is 5.91 Å². The van der Waals surface area contributed by atoms with E-state index in [4.69, 9.17) is 19.4 Å². The summed E-state index contributed by atoms with van der Waals surface area (Å²) in [5.41, 5.74) is 7.04. The summed E-state index contributed by atoms with van der Waals surface area (Å²) in [4.78, 5) is 24.1. The van der Waals surface area contributed by atoms with Gasteiger partial charge in [-0.2, -0.15) is 0 Å². The number of carbonyl (C=O) groups excluding carboxylic acids is 1. The van der Waals surface area contributed by atoms with Gasteiger partial charge in [-0.1, -0.05) is 49.4 Å². The van der Waals surface area contributed by atoms with E-state index in [1.54, 1.807) is 32.4 Å². The van der Waals surface area contributed by atoms with E-state index in [-0.39, 0.29) is 17.6 Å². The molecule has 0 saturated heterocycles. The van der Waals surface area contributed by atoms with E-state index >= 15 is 0 Å². The van der Waals surface area contributed by atoms with Gasteiger partial charge in [0.15, 0.2) is 11.5 Å². The van der Waals surface area contributed by atoms with Crippen LogP contribution < -0.4 is 14.8 Å². The van der Waals surface area contributed by atoms with Crippen LogP contribution >= 0.6 is 11.3 Å². The van der Waals surface area contributed by atoms with Gasteiger partial charge in [0, 0.05) is 16.6 Å². The molecule has 0 aliphatic heterocycles. The number of rotatable bonds is 6. The minimum absolute atomic E-state index is 0.107. The zero-order valence-corrected chi connectivity index (χ0v) is 25.9. The van der Waals surface area contributed by atoms with E-state index in [0.29, 0.717) is 33.3 Å². The van der Waals surface area contributed by atoms with Crippen LogP contribution in [0.5, 0.6) is 17.2 Å². The third kappa shape index (κ3) is 5.27. The first-order valence-corrected chi connectivity index (χ1v) is 15.6. The average Bonchev–Trinajstić information content (AvgIpc) is 3.48. The van der Waals surface area contributed by atoms with Crippen LogP contribution in [0.25, 0.3) is 43.3 Å². The van der Waals surface area contributed by atoms with Crippen LogP contribution in [0.1, 0.15) is 40.5 Å². The minimum Gasteiger partial charge on any atom is -0.507 e. The molecule has 0 fully saturated rings. The highest BCUT2D eigenvalue weighted by molar-refractivity contribution is 7.21. The summed E-state index contributed by atoms with van der Waals surface area (Å²) in [7, 11) is 3.26. The molecule has 6 aromatic rings. The summed E-state index contributed by atoms with van der Waals surface area (Å²) in [6.45, 7) is 2.20. The Bertz CT molecular complexity index is 2100. The Morgan fingerprint density at radius 3 is 2.53 bits per heavy atom. The molecule has 45 heavy (non-hydrogen) atoms. The van der Waals surface area contributed by atoms with Crippen molar-refractivity contribution < 1.29 is 19.4 Å². The van der Waals surface area contributed by atoms with Gasteiger partial charge in [-0.25, -0.2) is 9.97 Å².